The minimum absolute atomic E-state index is 0. The molecular weight excluding hydrogens is 278 g/mol. The maximum Gasteiger partial charge on any atom is 0.241 e. The van der Waals surface area contributed by atoms with E-state index in [9.17, 15) is 9.59 Å². The van der Waals surface area contributed by atoms with Crippen molar-refractivity contribution in [3.63, 3.8) is 0 Å². The molecule has 5 nitrogen and oxygen atoms in total. The Labute approximate surface area is 128 Å². The van der Waals surface area contributed by atoms with Crippen LogP contribution >= 0.6 is 12.4 Å². The molecule has 0 aromatic rings. The van der Waals surface area contributed by atoms with Gasteiger partial charge in [-0.05, 0) is 25.7 Å². The first kappa shape index (κ1) is 19.2. The lowest BCUT2D eigenvalue weighted by atomic mass is 9.85. The first-order valence-corrected chi connectivity index (χ1v) is 7.20. The van der Waals surface area contributed by atoms with Crippen LogP contribution in [0, 0.1) is 5.92 Å². The fraction of sp³-hybridized carbons (Fsp3) is 0.857. The summed E-state index contributed by atoms with van der Waals surface area (Å²) >= 11 is 0. The van der Waals surface area contributed by atoms with Crippen molar-refractivity contribution in [2.45, 2.75) is 45.1 Å². The SMILES string of the molecule is CCCN(CC(=O)N(C)C)C(=O)C1CCCC(N)C1.Cl. The maximum absolute atomic E-state index is 12.5. The molecule has 2 atom stereocenters. The van der Waals surface area contributed by atoms with Gasteiger partial charge >= 0.3 is 0 Å². The lowest BCUT2D eigenvalue weighted by Crippen LogP contribution is -2.45. The normalized spacial score (nSPS) is 21.8. The third kappa shape index (κ3) is 5.67. The van der Waals surface area contributed by atoms with E-state index in [2.05, 4.69) is 0 Å². The summed E-state index contributed by atoms with van der Waals surface area (Å²) in [5, 5.41) is 0. The number of halogens is 1. The predicted molar refractivity (Wildman–Crippen MR) is 82.7 cm³/mol. The molecule has 1 aliphatic carbocycles. The van der Waals surface area contributed by atoms with E-state index < -0.39 is 0 Å². The fourth-order valence-corrected chi connectivity index (χ4v) is 2.55. The van der Waals surface area contributed by atoms with Crippen LogP contribution < -0.4 is 5.73 Å². The summed E-state index contributed by atoms with van der Waals surface area (Å²) in [6.45, 7) is 2.85. The molecule has 2 unspecified atom stereocenters. The Bertz CT molecular complexity index is 324. The molecule has 0 aromatic carbocycles. The van der Waals surface area contributed by atoms with E-state index in [-0.39, 0.29) is 42.7 Å². The summed E-state index contributed by atoms with van der Waals surface area (Å²) in [6.07, 6.45) is 4.55. The lowest BCUT2D eigenvalue weighted by Gasteiger charge is -2.31. The lowest BCUT2D eigenvalue weighted by molar-refractivity contribution is -0.142. The molecular formula is C14H28ClN3O2. The average Bonchev–Trinajstić information content (AvgIpc) is 2.37. The smallest absolute Gasteiger partial charge is 0.241 e. The Balaban J connectivity index is 0.00000361. The summed E-state index contributed by atoms with van der Waals surface area (Å²) in [6, 6.07) is 0.135. The Morgan fingerprint density at radius 2 is 1.90 bits per heavy atom. The van der Waals surface area contributed by atoms with E-state index in [4.69, 9.17) is 5.73 Å². The number of amides is 2. The van der Waals surface area contributed by atoms with Crippen LogP contribution in [0.25, 0.3) is 0 Å². The molecule has 1 saturated carbocycles. The topological polar surface area (TPSA) is 66.6 Å². The number of hydrogen-bond acceptors (Lipinski definition) is 3. The first-order chi connectivity index (χ1) is 8.95. The van der Waals surface area contributed by atoms with Crippen LogP contribution in [0.4, 0.5) is 0 Å². The third-order valence-corrected chi connectivity index (χ3v) is 3.69. The molecule has 0 spiro atoms. The molecule has 0 bridgehead atoms. The second kappa shape index (κ2) is 9.19. The van der Waals surface area contributed by atoms with Gasteiger partial charge in [0.2, 0.25) is 11.8 Å². The monoisotopic (exact) mass is 305 g/mol. The minimum atomic E-state index is -0.0260. The highest BCUT2D eigenvalue weighted by Gasteiger charge is 2.29. The molecule has 1 aliphatic rings. The minimum Gasteiger partial charge on any atom is -0.347 e. The van der Waals surface area contributed by atoms with Gasteiger partial charge < -0.3 is 15.5 Å². The standard InChI is InChI=1S/C14H27N3O2.ClH/c1-4-8-17(10-13(18)16(2)3)14(19)11-6-5-7-12(15)9-11;/h11-12H,4-10,15H2,1-3H3;1H. The molecule has 1 rings (SSSR count). The van der Waals surface area contributed by atoms with Crippen LogP contribution in [-0.2, 0) is 9.59 Å². The fourth-order valence-electron chi connectivity index (χ4n) is 2.55. The van der Waals surface area contributed by atoms with Gasteiger partial charge in [-0.15, -0.1) is 12.4 Å². The van der Waals surface area contributed by atoms with Crippen molar-refractivity contribution in [2.75, 3.05) is 27.2 Å². The largest absolute Gasteiger partial charge is 0.347 e. The molecule has 20 heavy (non-hydrogen) atoms. The highest BCUT2D eigenvalue weighted by Crippen LogP contribution is 2.25. The van der Waals surface area contributed by atoms with Crippen molar-refractivity contribution in [3.05, 3.63) is 0 Å². The van der Waals surface area contributed by atoms with Crippen molar-refractivity contribution >= 4 is 24.2 Å². The summed E-state index contributed by atoms with van der Waals surface area (Å²) in [7, 11) is 3.43. The van der Waals surface area contributed by atoms with Gasteiger partial charge in [0.05, 0.1) is 6.54 Å². The van der Waals surface area contributed by atoms with Gasteiger partial charge in [0.25, 0.3) is 0 Å². The zero-order valence-corrected chi connectivity index (χ0v) is 13.6. The molecule has 118 valence electrons. The van der Waals surface area contributed by atoms with E-state index in [1.807, 2.05) is 6.92 Å². The average molecular weight is 306 g/mol. The molecule has 2 amide bonds. The van der Waals surface area contributed by atoms with Crippen molar-refractivity contribution in [3.8, 4) is 0 Å². The van der Waals surface area contributed by atoms with E-state index >= 15 is 0 Å². The Morgan fingerprint density at radius 1 is 1.25 bits per heavy atom. The highest BCUT2D eigenvalue weighted by molar-refractivity contribution is 5.86. The second-order valence-electron chi connectivity index (χ2n) is 5.67. The van der Waals surface area contributed by atoms with Crippen LogP contribution in [0.1, 0.15) is 39.0 Å². The molecule has 0 heterocycles. The molecule has 0 radical (unpaired) electrons. The van der Waals surface area contributed by atoms with Gasteiger partial charge in [-0.2, -0.15) is 0 Å². The number of carbonyl (C=O) groups excluding carboxylic acids is 2. The zero-order chi connectivity index (χ0) is 14.4. The Hall–Kier alpha value is -0.810. The van der Waals surface area contributed by atoms with Gasteiger partial charge in [0.15, 0.2) is 0 Å². The molecule has 0 aliphatic heterocycles. The van der Waals surface area contributed by atoms with Crippen LogP contribution in [0.3, 0.4) is 0 Å². The van der Waals surface area contributed by atoms with Crippen LogP contribution in [0.15, 0.2) is 0 Å². The van der Waals surface area contributed by atoms with Crippen molar-refractivity contribution in [2.24, 2.45) is 11.7 Å². The predicted octanol–water partition coefficient (Wildman–Crippen LogP) is 1.25. The molecule has 0 saturated heterocycles. The molecule has 6 heteroatoms. The number of nitrogens with two attached hydrogens (primary N) is 1. The van der Waals surface area contributed by atoms with Crippen molar-refractivity contribution < 1.29 is 9.59 Å². The maximum atomic E-state index is 12.5. The number of hydrogen-bond donors (Lipinski definition) is 1. The number of nitrogens with zero attached hydrogens (tertiary/aromatic N) is 2. The van der Waals surface area contributed by atoms with Crippen LogP contribution in [0.2, 0.25) is 0 Å². The molecule has 1 fully saturated rings. The molecule has 2 N–H and O–H groups in total. The zero-order valence-electron chi connectivity index (χ0n) is 12.8. The quantitative estimate of drug-likeness (QED) is 0.831. The van der Waals surface area contributed by atoms with Crippen molar-refractivity contribution in [1.29, 1.82) is 0 Å². The van der Waals surface area contributed by atoms with Crippen LogP contribution in [-0.4, -0.2) is 54.8 Å². The third-order valence-electron chi connectivity index (χ3n) is 3.69. The number of rotatable bonds is 5. The van der Waals surface area contributed by atoms with Crippen molar-refractivity contribution in [1.82, 2.24) is 9.80 Å². The first-order valence-electron chi connectivity index (χ1n) is 7.20. The van der Waals surface area contributed by atoms with E-state index in [0.717, 1.165) is 32.1 Å². The summed E-state index contributed by atoms with van der Waals surface area (Å²) in [5.74, 6) is 0.0828. The Kier molecular flexibility index (Phi) is 8.81. The molecule has 0 aromatic heterocycles. The second-order valence-corrected chi connectivity index (χ2v) is 5.67. The van der Waals surface area contributed by atoms with E-state index in [0.29, 0.717) is 6.54 Å². The van der Waals surface area contributed by atoms with Gasteiger partial charge in [0.1, 0.15) is 0 Å². The van der Waals surface area contributed by atoms with Gasteiger partial charge in [-0.1, -0.05) is 13.3 Å². The summed E-state index contributed by atoms with van der Waals surface area (Å²) in [5.41, 5.74) is 5.94. The highest BCUT2D eigenvalue weighted by atomic mass is 35.5. The van der Waals surface area contributed by atoms with Gasteiger partial charge in [0, 0.05) is 32.6 Å². The van der Waals surface area contributed by atoms with Gasteiger partial charge in [-0.25, -0.2) is 0 Å². The van der Waals surface area contributed by atoms with E-state index in [1.165, 1.54) is 4.90 Å². The van der Waals surface area contributed by atoms with Gasteiger partial charge in [-0.3, -0.25) is 9.59 Å². The van der Waals surface area contributed by atoms with E-state index in [1.54, 1.807) is 19.0 Å². The number of carbonyl (C=O) groups is 2. The number of likely N-dealkylation sites (N-methyl/N-ethyl adjacent to an activating group) is 1. The summed E-state index contributed by atoms with van der Waals surface area (Å²) < 4.78 is 0. The Morgan fingerprint density at radius 3 is 2.40 bits per heavy atom. The summed E-state index contributed by atoms with van der Waals surface area (Å²) in [4.78, 5) is 27.5. The van der Waals surface area contributed by atoms with Crippen LogP contribution in [0.5, 0.6) is 0 Å².